The van der Waals surface area contributed by atoms with Crippen LogP contribution < -0.4 is 8.19 Å². The molecule has 1 aromatic rings. The quantitative estimate of drug-likeness (QED) is 0.437. The van der Waals surface area contributed by atoms with E-state index in [4.69, 9.17) is 0 Å². The van der Waals surface area contributed by atoms with E-state index in [-0.39, 0.29) is 0 Å². The molecule has 0 aliphatic carbocycles. The molecule has 0 amide bonds. The van der Waals surface area contributed by atoms with Gasteiger partial charge in [0.15, 0.2) is 0 Å². The zero-order chi connectivity index (χ0) is 15.2. The monoisotopic (exact) mass is 514 g/mol. The first-order chi connectivity index (χ1) is 11.4. The van der Waals surface area contributed by atoms with Crippen molar-refractivity contribution in [3.8, 4) is 0 Å². The summed E-state index contributed by atoms with van der Waals surface area (Å²) in [5.41, 5.74) is 0. The molecule has 5 rings (SSSR count). The first kappa shape index (κ1) is 17.1. The summed E-state index contributed by atoms with van der Waals surface area (Å²) in [7, 11) is 0. The fourth-order valence-corrected chi connectivity index (χ4v) is 17.1. The molecule has 4 aliphatic heterocycles. The minimum atomic E-state index is 0.485. The Morgan fingerprint density at radius 2 is 0.870 bits per heavy atom. The Balaban J connectivity index is 1.46. The molecule has 120 valence electrons. The van der Waals surface area contributed by atoms with E-state index in [0.29, 0.717) is 14.5 Å². The molecule has 0 radical (unpaired) electrons. The van der Waals surface area contributed by atoms with Crippen LogP contribution in [0.3, 0.4) is 0 Å². The Hall–Kier alpha value is 2.02. The van der Waals surface area contributed by atoms with Gasteiger partial charge in [-0.1, -0.05) is 0 Å². The predicted octanol–water partition coefficient (Wildman–Crippen LogP) is 5.05. The molecule has 0 fully saturated rings. The van der Waals surface area contributed by atoms with Crippen LogP contribution in [0.4, 0.5) is 0 Å². The molecule has 0 bridgehead atoms. The van der Waals surface area contributed by atoms with E-state index in [9.17, 15) is 0 Å². The maximum absolute atomic E-state index is 2.39. The van der Waals surface area contributed by atoms with Crippen LogP contribution in [0.25, 0.3) is 8.47 Å². The van der Waals surface area contributed by atoms with Gasteiger partial charge in [-0.15, -0.1) is 0 Å². The summed E-state index contributed by atoms with van der Waals surface area (Å²) in [5.74, 6) is 5.09. The molecule has 0 saturated carbocycles. The Morgan fingerprint density at radius 3 is 1.22 bits per heavy atom. The average molecular weight is 514 g/mol. The molecule has 0 atom stereocenters. The van der Waals surface area contributed by atoms with Crippen LogP contribution in [-0.2, 0) is 0 Å². The summed E-state index contributed by atoms with van der Waals surface area (Å²) in [6.45, 7) is 0. The second-order valence-electron chi connectivity index (χ2n) is 4.69. The Bertz CT molecular complexity index is 740. The van der Waals surface area contributed by atoms with Gasteiger partial charge in [0, 0.05) is 0 Å². The summed E-state index contributed by atoms with van der Waals surface area (Å²) in [5, 5.41) is 0. The van der Waals surface area contributed by atoms with Gasteiger partial charge in [0.05, 0.1) is 0 Å². The van der Waals surface area contributed by atoms with E-state index < -0.39 is 0 Å². The van der Waals surface area contributed by atoms with Gasteiger partial charge < -0.3 is 0 Å². The van der Waals surface area contributed by atoms with E-state index in [0.717, 1.165) is 0 Å². The van der Waals surface area contributed by atoms with E-state index in [1.54, 1.807) is 33.6 Å². The number of thioether (sulfide) groups is 8. The number of hydrogen-bond donors (Lipinski definition) is 0. The standard InChI is InChI=1S/C14H10S8Se/c1-2-8(10-21-13-14(22-10)18-6-5-17-13)23-7(1)9-19-11-12(20-9)16-4-3-15-11/h1-2H,3-6H2. The van der Waals surface area contributed by atoms with Crippen molar-refractivity contribution in [3.63, 3.8) is 0 Å². The van der Waals surface area contributed by atoms with Crippen LogP contribution in [0, 0.1) is 0 Å². The van der Waals surface area contributed by atoms with Crippen LogP contribution in [0.1, 0.15) is 0 Å². The molecule has 0 aromatic carbocycles. The number of rotatable bonds is 0. The van der Waals surface area contributed by atoms with E-state index in [2.05, 4.69) is 59.2 Å². The third kappa shape index (κ3) is 3.58. The summed E-state index contributed by atoms with van der Waals surface area (Å²) in [6, 6.07) is 4.79. The fourth-order valence-electron chi connectivity index (χ4n) is 2.19. The SMILES string of the molecule is c1cc(=C2SC3=C(SCCS3)S2)[se]c1=C1SC2=C(SCCS2)S1. The molecule has 4 aliphatic rings. The van der Waals surface area contributed by atoms with Crippen LogP contribution in [0.5, 0.6) is 0 Å². The van der Waals surface area contributed by atoms with Gasteiger partial charge in [0.2, 0.25) is 0 Å². The maximum atomic E-state index is 2.39. The minimum absolute atomic E-state index is 0.485. The van der Waals surface area contributed by atoms with Crippen molar-refractivity contribution in [1.82, 2.24) is 0 Å². The van der Waals surface area contributed by atoms with Gasteiger partial charge in [-0.3, -0.25) is 0 Å². The fraction of sp³-hybridized carbons (Fsp3) is 0.286. The van der Waals surface area contributed by atoms with Crippen molar-refractivity contribution in [1.29, 1.82) is 0 Å². The average Bonchev–Trinajstić information content (AvgIpc) is 3.30. The molecular weight excluding hydrogens is 504 g/mol. The molecule has 0 nitrogen and oxygen atoms in total. The van der Waals surface area contributed by atoms with Crippen molar-refractivity contribution in [3.05, 3.63) is 37.3 Å². The van der Waals surface area contributed by atoms with Crippen LogP contribution >= 0.6 is 94.1 Å². The molecule has 9 heteroatoms. The van der Waals surface area contributed by atoms with Gasteiger partial charge in [0.1, 0.15) is 0 Å². The molecule has 5 heterocycles. The van der Waals surface area contributed by atoms with Crippen molar-refractivity contribution in [2.45, 2.75) is 0 Å². The van der Waals surface area contributed by atoms with Crippen molar-refractivity contribution in [2.24, 2.45) is 0 Å². The van der Waals surface area contributed by atoms with Gasteiger partial charge in [-0.05, 0) is 0 Å². The Kier molecular flexibility index (Phi) is 5.64. The predicted molar refractivity (Wildman–Crippen MR) is 124 cm³/mol. The summed E-state index contributed by atoms with van der Waals surface area (Å²) >= 11 is 16.8. The topological polar surface area (TPSA) is 0 Å². The molecular formula is C14H10S8Se. The van der Waals surface area contributed by atoms with Gasteiger partial charge in [0.25, 0.3) is 0 Å². The first-order valence-electron chi connectivity index (χ1n) is 6.92. The third-order valence-corrected chi connectivity index (χ3v) is 18.3. The van der Waals surface area contributed by atoms with E-state index >= 15 is 0 Å². The summed E-state index contributed by atoms with van der Waals surface area (Å²) in [4.78, 5) is 0. The molecule has 0 spiro atoms. The molecule has 23 heavy (non-hydrogen) atoms. The normalized spacial score (nSPS) is 24.5. The molecule has 0 N–H and O–H groups in total. The van der Waals surface area contributed by atoms with Crippen molar-refractivity contribution in [2.75, 3.05) is 23.0 Å². The summed E-state index contributed by atoms with van der Waals surface area (Å²) < 4.78 is 12.6. The second kappa shape index (κ2) is 7.56. The van der Waals surface area contributed by atoms with E-state index in [1.807, 2.05) is 47.0 Å². The first-order valence-corrected chi connectivity index (χ1v) is 15.8. The third-order valence-electron chi connectivity index (χ3n) is 3.18. The Morgan fingerprint density at radius 1 is 0.522 bits per heavy atom. The van der Waals surface area contributed by atoms with Crippen molar-refractivity contribution < 1.29 is 0 Å². The molecule has 0 saturated heterocycles. The second-order valence-corrected chi connectivity index (χ2v) is 17.0. The van der Waals surface area contributed by atoms with E-state index in [1.165, 1.54) is 23.0 Å². The molecule has 0 unspecified atom stereocenters. The van der Waals surface area contributed by atoms with Crippen LogP contribution in [0.15, 0.2) is 29.1 Å². The van der Waals surface area contributed by atoms with Gasteiger partial charge in [-0.25, -0.2) is 0 Å². The Labute approximate surface area is 175 Å². The van der Waals surface area contributed by atoms with Gasteiger partial charge in [-0.2, -0.15) is 0 Å². The summed E-state index contributed by atoms with van der Waals surface area (Å²) in [6.07, 6.45) is 0. The van der Waals surface area contributed by atoms with Crippen LogP contribution in [-0.4, -0.2) is 37.5 Å². The number of hydrogen-bond acceptors (Lipinski definition) is 8. The zero-order valence-corrected chi connectivity index (χ0v) is 19.9. The molecule has 1 aromatic heterocycles. The zero-order valence-electron chi connectivity index (χ0n) is 11.7. The van der Waals surface area contributed by atoms with Gasteiger partial charge >= 0.3 is 177 Å². The van der Waals surface area contributed by atoms with Crippen molar-refractivity contribution >= 4 is 117 Å². The van der Waals surface area contributed by atoms with Crippen LogP contribution in [0.2, 0.25) is 0 Å².